The number of nitrogens with one attached hydrogen (secondary N) is 1. The van der Waals surface area contributed by atoms with E-state index in [1.807, 2.05) is 0 Å². The minimum atomic E-state index is -0.509. The zero-order valence-corrected chi connectivity index (χ0v) is 12.0. The molecule has 1 aliphatic carbocycles. The van der Waals surface area contributed by atoms with Crippen LogP contribution in [0.5, 0.6) is 0 Å². The summed E-state index contributed by atoms with van der Waals surface area (Å²) < 4.78 is 19.1. The zero-order chi connectivity index (χ0) is 15.2. The molecule has 1 aliphatic rings. The number of halogens is 1. The summed E-state index contributed by atoms with van der Waals surface area (Å²) in [6, 6.07) is 4.36. The quantitative estimate of drug-likeness (QED) is 0.828. The molecule has 0 bridgehead atoms. The van der Waals surface area contributed by atoms with Crippen LogP contribution in [0.2, 0.25) is 0 Å². The lowest BCUT2D eigenvalue weighted by Crippen LogP contribution is -2.33. The van der Waals surface area contributed by atoms with E-state index in [2.05, 4.69) is 17.2 Å². The van der Waals surface area contributed by atoms with Crippen molar-refractivity contribution in [2.24, 2.45) is 5.73 Å². The lowest BCUT2D eigenvalue weighted by Gasteiger charge is -2.13. The van der Waals surface area contributed by atoms with Crippen LogP contribution in [0, 0.1) is 17.7 Å². The van der Waals surface area contributed by atoms with Crippen LogP contribution >= 0.6 is 0 Å². The summed E-state index contributed by atoms with van der Waals surface area (Å²) in [6.07, 6.45) is 2.81. The molecular formula is C16H19FN2O2. The van der Waals surface area contributed by atoms with Crippen molar-refractivity contribution in [1.82, 2.24) is 5.32 Å². The normalized spacial score (nSPS) is 20.7. The monoisotopic (exact) mass is 290 g/mol. The number of carbonyl (C=O) groups is 1. The van der Waals surface area contributed by atoms with Crippen LogP contribution in [-0.2, 0) is 4.74 Å². The number of benzene rings is 1. The van der Waals surface area contributed by atoms with Crippen LogP contribution in [0.4, 0.5) is 4.39 Å². The van der Waals surface area contributed by atoms with Crippen molar-refractivity contribution in [3.05, 3.63) is 35.1 Å². The highest BCUT2D eigenvalue weighted by molar-refractivity contribution is 5.94. The molecule has 2 rings (SSSR count). The molecule has 1 aromatic rings. The fraction of sp³-hybridized carbons (Fsp3) is 0.438. The summed E-state index contributed by atoms with van der Waals surface area (Å²) in [5.41, 5.74) is 5.79. The van der Waals surface area contributed by atoms with Crippen LogP contribution in [0.25, 0.3) is 0 Å². The van der Waals surface area contributed by atoms with Gasteiger partial charge < -0.3 is 15.8 Å². The average Bonchev–Trinajstić information content (AvgIpc) is 2.93. The molecule has 4 nitrogen and oxygen atoms in total. The van der Waals surface area contributed by atoms with Crippen molar-refractivity contribution >= 4 is 5.91 Å². The van der Waals surface area contributed by atoms with Crippen LogP contribution in [0.3, 0.4) is 0 Å². The number of carbonyl (C=O) groups excluding carboxylic acids is 1. The Morgan fingerprint density at radius 1 is 1.52 bits per heavy atom. The van der Waals surface area contributed by atoms with Crippen molar-refractivity contribution in [3.63, 3.8) is 0 Å². The molecule has 1 fully saturated rings. The standard InChI is InChI=1S/C16H19FN2O2/c1-21-14-7-6-13(10-14)19-16(20)12-5-4-11(3-2-8-18)15(17)9-12/h4-5,9,13-14H,6-8,10,18H2,1H3,(H,19,20). The third-order valence-electron chi connectivity index (χ3n) is 3.61. The van der Waals surface area contributed by atoms with E-state index < -0.39 is 5.82 Å². The summed E-state index contributed by atoms with van der Waals surface area (Å²) in [6.45, 7) is 0.171. The minimum Gasteiger partial charge on any atom is -0.381 e. The topological polar surface area (TPSA) is 64.3 Å². The van der Waals surface area contributed by atoms with Crippen molar-refractivity contribution in [2.75, 3.05) is 13.7 Å². The molecule has 0 aliphatic heterocycles. The molecule has 2 unspecified atom stereocenters. The van der Waals surface area contributed by atoms with Gasteiger partial charge in [0.05, 0.1) is 18.2 Å². The van der Waals surface area contributed by atoms with Gasteiger partial charge in [0, 0.05) is 18.7 Å². The van der Waals surface area contributed by atoms with Gasteiger partial charge in [-0.1, -0.05) is 11.8 Å². The van der Waals surface area contributed by atoms with Gasteiger partial charge in [0.25, 0.3) is 5.91 Å². The molecule has 3 N–H and O–H groups in total. The molecule has 0 heterocycles. The summed E-state index contributed by atoms with van der Waals surface area (Å²) in [5, 5.41) is 2.91. The van der Waals surface area contributed by atoms with E-state index in [1.54, 1.807) is 13.2 Å². The van der Waals surface area contributed by atoms with E-state index in [1.165, 1.54) is 12.1 Å². The molecule has 0 aromatic heterocycles. The highest BCUT2D eigenvalue weighted by atomic mass is 19.1. The summed E-state index contributed by atoms with van der Waals surface area (Å²) in [4.78, 5) is 12.1. The highest BCUT2D eigenvalue weighted by Crippen LogP contribution is 2.21. The van der Waals surface area contributed by atoms with Crippen LogP contribution in [-0.4, -0.2) is 31.7 Å². The molecule has 0 saturated heterocycles. The minimum absolute atomic E-state index is 0.0854. The summed E-state index contributed by atoms with van der Waals surface area (Å²) >= 11 is 0. The van der Waals surface area contributed by atoms with Gasteiger partial charge in [0.15, 0.2) is 0 Å². The number of hydrogen-bond acceptors (Lipinski definition) is 3. The number of amides is 1. The van der Waals surface area contributed by atoms with E-state index in [0.29, 0.717) is 5.56 Å². The number of nitrogens with two attached hydrogens (primary N) is 1. The second-order valence-electron chi connectivity index (χ2n) is 5.04. The Balaban J connectivity index is 2.01. The Bertz CT molecular complexity index is 577. The third-order valence-corrected chi connectivity index (χ3v) is 3.61. The van der Waals surface area contributed by atoms with E-state index >= 15 is 0 Å². The maximum Gasteiger partial charge on any atom is 0.251 e. The molecule has 0 spiro atoms. The van der Waals surface area contributed by atoms with Gasteiger partial charge in [-0.2, -0.15) is 0 Å². The number of hydrogen-bond donors (Lipinski definition) is 2. The second-order valence-corrected chi connectivity index (χ2v) is 5.04. The molecule has 0 radical (unpaired) electrons. The predicted octanol–water partition coefficient (Wildman–Crippen LogP) is 1.43. The third kappa shape index (κ3) is 4.03. The molecule has 2 atom stereocenters. The Labute approximate surface area is 123 Å². The lowest BCUT2D eigenvalue weighted by atomic mass is 10.1. The first-order valence-corrected chi connectivity index (χ1v) is 6.96. The van der Waals surface area contributed by atoms with E-state index in [4.69, 9.17) is 10.5 Å². The maximum atomic E-state index is 13.8. The molecule has 1 amide bonds. The maximum absolute atomic E-state index is 13.8. The number of rotatable bonds is 3. The number of ether oxygens (including phenoxy) is 1. The molecule has 21 heavy (non-hydrogen) atoms. The van der Waals surface area contributed by atoms with Crippen molar-refractivity contribution in [3.8, 4) is 11.8 Å². The largest absolute Gasteiger partial charge is 0.381 e. The van der Waals surface area contributed by atoms with Crippen LogP contribution in [0.1, 0.15) is 35.2 Å². The lowest BCUT2D eigenvalue weighted by molar-refractivity contribution is 0.0914. The van der Waals surface area contributed by atoms with Gasteiger partial charge >= 0.3 is 0 Å². The average molecular weight is 290 g/mol. The predicted molar refractivity (Wildman–Crippen MR) is 78.2 cm³/mol. The molecular weight excluding hydrogens is 271 g/mol. The van der Waals surface area contributed by atoms with Crippen molar-refractivity contribution < 1.29 is 13.9 Å². The van der Waals surface area contributed by atoms with Gasteiger partial charge in [0.2, 0.25) is 0 Å². The first kappa shape index (κ1) is 15.5. The molecule has 112 valence electrons. The fourth-order valence-corrected chi connectivity index (χ4v) is 2.46. The zero-order valence-electron chi connectivity index (χ0n) is 12.0. The Kier molecular flexibility index (Phi) is 5.32. The smallest absolute Gasteiger partial charge is 0.251 e. The second kappa shape index (κ2) is 7.21. The molecule has 1 aromatic carbocycles. The first-order valence-electron chi connectivity index (χ1n) is 6.96. The Hall–Kier alpha value is -1.90. The SMILES string of the molecule is COC1CCC(NC(=O)c2ccc(C#CCN)c(F)c2)C1. The van der Waals surface area contributed by atoms with Gasteiger partial charge in [-0.15, -0.1) is 0 Å². The van der Waals surface area contributed by atoms with Gasteiger partial charge in [-0.3, -0.25) is 4.79 Å². The van der Waals surface area contributed by atoms with Gasteiger partial charge in [-0.25, -0.2) is 4.39 Å². The Morgan fingerprint density at radius 2 is 2.33 bits per heavy atom. The molecule has 5 heteroatoms. The molecule has 1 saturated carbocycles. The Morgan fingerprint density at radius 3 is 2.95 bits per heavy atom. The van der Waals surface area contributed by atoms with Crippen molar-refractivity contribution in [2.45, 2.75) is 31.4 Å². The van der Waals surface area contributed by atoms with Crippen LogP contribution in [0.15, 0.2) is 18.2 Å². The first-order chi connectivity index (χ1) is 10.1. The van der Waals surface area contributed by atoms with Crippen LogP contribution < -0.4 is 11.1 Å². The van der Waals surface area contributed by atoms with Crippen molar-refractivity contribution in [1.29, 1.82) is 0 Å². The number of methoxy groups -OCH3 is 1. The van der Waals surface area contributed by atoms with E-state index in [9.17, 15) is 9.18 Å². The summed E-state index contributed by atoms with van der Waals surface area (Å²) in [5.74, 6) is 4.44. The van der Waals surface area contributed by atoms with Gasteiger partial charge in [-0.05, 0) is 37.5 Å². The van der Waals surface area contributed by atoms with E-state index in [-0.39, 0.29) is 30.2 Å². The van der Waals surface area contributed by atoms with E-state index in [0.717, 1.165) is 19.3 Å². The fourth-order valence-electron chi connectivity index (χ4n) is 2.46. The summed E-state index contributed by atoms with van der Waals surface area (Å²) in [7, 11) is 1.67. The van der Waals surface area contributed by atoms with Gasteiger partial charge in [0.1, 0.15) is 5.82 Å². The highest BCUT2D eigenvalue weighted by Gasteiger charge is 2.26.